The van der Waals surface area contributed by atoms with E-state index in [9.17, 15) is 4.79 Å². The van der Waals surface area contributed by atoms with E-state index >= 15 is 0 Å². The van der Waals surface area contributed by atoms with Gasteiger partial charge in [0.1, 0.15) is 11.6 Å². The highest BCUT2D eigenvalue weighted by atomic mass is 16.2. The van der Waals surface area contributed by atoms with E-state index in [1.54, 1.807) is 4.68 Å². The number of anilines is 1. The van der Waals surface area contributed by atoms with Crippen LogP contribution in [0.25, 0.3) is 0 Å². The second-order valence-corrected chi connectivity index (χ2v) is 5.59. The Morgan fingerprint density at radius 2 is 1.87 bits per heavy atom. The number of carbonyl (C=O) groups excluding carboxylic acids is 1. The molecular weight excluding hydrogens is 292 g/mol. The molecule has 2 aromatic heterocycles. The zero-order chi connectivity index (χ0) is 17.0. The minimum absolute atomic E-state index is 0.243. The highest BCUT2D eigenvalue weighted by molar-refractivity contribution is 5.89. The number of hydrogen-bond acceptors (Lipinski definition) is 4. The average molecular weight is 316 g/mol. The third-order valence-corrected chi connectivity index (χ3v) is 3.59. The van der Waals surface area contributed by atoms with Crippen molar-refractivity contribution in [1.29, 1.82) is 0 Å². The summed E-state index contributed by atoms with van der Waals surface area (Å²) in [5.74, 6) is 1.48. The van der Waals surface area contributed by atoms with Gasteiger partial charge in [0.2, 0.25) is 0 Å². The number of urea groups is 1. The van der Waals surface area contributed by atoms with Crippen LogP contribution in [0.15, 0.2) is 6.07 Å². The van der Waals surface area contributed by atoms with Gasteiger partial charge in [0.05, 0.1) is 5.69 Å². The van der Waals surface area contributed by atoms with Crippen LogP contribution in [0, 0.1) is 20.8 Å². The van der Waals surface area contributed by atoms with E-state index in [1.165, 1.54) is 0 Å². The van der Waals surface area contributed by atoms with Gasteiger partial charge in [-0.15, -0.1) is 0 Å². The fourth-order valence-corrected chi connectivity index (χ4v) is 2.63. The van der Waals surface area contributed by atoms with Crippen molar-refractivity contribution in [3.63, 3.8) is 0 Å². The molecule has 0 bridgehead atoms. The first-order chi connectivity index (χ1) is 10.9. The zero-order valence-corrected chi connectivity index (χ0v) is 14.4. The Hall–Kier alpha value is -2.44. The minimum atomic E-state index is -0.243. The Balaban J connectivity index is 1.91. The summed E-state index contributed by atoms with van der Waals surface area (Å²) < 4.78 is 1.70. The molecule has 0 saturated heterocycles. The molecule has 7 heteroatoms. The van der Waals surface area contributed by atoms with Gasteiger partial charge < -0.3 is 5.32 Å². The second kappa shape index (κ2) is 7.21. The van der Waals surface area contributed by atoms with Crippen molar-refractivity contribution in [2.24, 2.45) is 7.05 Å². The maximum absolute atomic E-state index is 12.1. The molecule has 0 unspecified atom stereocenters. The lowest BCUT2D eigenvalue weighted by Crippen LogP contribution is -2.31. The predicted octanol–water partition coefficient (Wildman–Crippen LogP) is 2.06. The van der Waals surface area contributed by atoms with Crippen molar-refractivity contribution in [3.05, 3.63) is 34.5 Å². The SMILES string of the molecule is CCc1c(C)nn(C)c1NC(=O)NCCc1nc(C)cc(C)n1. The van der Waals surface area contributed by atoms with Gasteiger partial charge in [-0.25, -0.2) is 14.8 Å². The maximum atomic E-state index is 12.1. The maximum Gasteiger partial charge on any atom is 0.320 e. The smallest absolute Gasteiger partial charge is 0.320 e. The molecule has 0 aliphatic carbocycles. The lowest BCUT2D eigenvalue weighted by atomic mass is 10.2. The first-order valence-electron chi connectivity index (χ1n) is 7.79. The first kappa shape index (κ1) is 16.9. The number of nitrogens with zero attached hydrogens (tertiary/aromatic N) is 4. The summed E-state index contributed by atoms with van der Waals surface area (Å²) in [6.07, 6.45) is 1.42. The lowest BCUT2D eigenvalue weighted by molar-refractivity contribution is 0.252. The Kier molecular flexibility index (Phi) is 5.31. The van der Waals surface area contributed by atoms with E-state index in [1.807, 2.05) is 40.8 Å². The van der Waals surface area contributed by atoms with Crippen LogP contribution in [0.5, 0.6) is 0 Å². The monoisotopic (exact) mass is 316 g/mol. The first-order valence-corrected chi connectivity index (χ1v) is 7.79. The van der Waals surface area contributed by atoms with Crippen molar-refractivity contribution in [3.8, 4) is 0 Å². The molecule has 0 atom stereocenters. The molecule has 2 rings (SSSR count). The van der Waals surface area contributed by atoms with Gasteiger partial charge in [0.25, 0.3) is 0 Å². The summed E-state index contributed by atoms with van der Waals surface area (Å²) >= 11 is 0. The molecule has 0 saturated carbocycles. The van der Waals surface area contributed by atoms with E-state index in [2.05, 4.69) is 25.7 Å². The number of nitrogens with one attached hydrogen (secondary N) is 2. The Morgan fingerprint density at radius 3 is 2.48 bits per heavy atom. The summed E-state index contributed by atoms with van der Waals surface area (Å²) in [7, 11) is 1.82. The van der Waals surface area contributed by atoms with Crippen molar-refractivity contribution in [1.82, 2.24) is 25.1 Å². The van der Waals surface area contributed by atoms with Gasteiger partial charge >= 0.3 is 6.03 Å². The molecule has 7 nitrogen and oxygen atoms in total. The van der Waals surface area contributed by atoms with Crippen LogP contribution in [0.3, 0.4) is 0 Å². The number of carbonyl (C=O) groups is 1. The third-order valence-electron chi connectivity index (χ3n) is 3.59. The number of amides is 2. The van der Waals surface area contributed by atoms with Crippen molar-refractivity contribution >= 4 is 11.8 Å². The summed E-state index contributed by atoms with van der Waals surface area (Å²) in [4.78, 5) is 20.8. The van der Waals surface area contributed by atoms with Crippen LogP contribution in [0.4, 0.5) is 10.6 Å². The lowest BCUT2D eigenvalue weighted by Gasteiger charge is -2.09. The second-order valence-electron chi connectivity index (χ2n) is 5.59. The molecule has 2 N–H and O–H groups in total. The highest BCUT2D eigenvalue weighted by Gasteiger charge is 2.13. The third kappa shape index (κ3) is 4.28. The number of rotatable bonds is 5. The Bertz CT molecular complexity index is 687. The number of aryl methyl sites for hydroxylation is 4. The van der Waals surface area contributed by atoms with Crippen LogP contribution < -0.4 is 10.6 Å². The highest BCUT2D eigenvalue weighted by Crippen LogP contribution is 2.18. The summed E-state index contributed by atoms with van der Waals surface area (Å²) in [6, 6.07) is 1.69. The van der Waals surface area contributed by atoms with Crippen molar-refractivity contribution in [2.75, 3.05) is 11.9 Å². The molecule has 0 spiro atoms. The molecule has 2 heterocycles. The molecule has 23 heavy (non-hydrogen) atoms. The summed E-state index contributed by atoms with van der Waals surface area (Å²) in [5.41, 5.74) is 3.87. The van der Waals surface area contributed by atoms with E-state index in [0.717, 1.165) is 40.7 Å². The standard InChI is InChI=1S/C16H24N6O/c1-6-13-12(4)21-22(5)15(13)20-16(23)17-8-7-14-18-10(2)9-11(3)19-14/h9H,6-8H2,1-5H3,(H2,17,20,23). The van der Waals surface area contributed by atoms with Crippen molar-refractivity contribution < 1.29 is 4.79 Å². The van der Waals surface area contributed by atoms with Crippen LogP contribution in [0.1, 0.15) is 35.4 Å². The van der Waals surface area contributed by atoms with Crippen molar-refractivity contribution in [2.45, 2.75) is 40.5 Å². The van der Waals surface area contributed by atoms with Gasteiger partial charge in [-0.2, -0.15) is 5.10 Å². The molecule has 0 fully saturated rings. The van der Waals surface area contributed by atoms with Gasteiger partial charge in [-0.3, -0.25) is 10.00 Å². The molecule has 0 aliphatic heterocycles. The van der Waals surface area contributed by atoms with Gasteiger partial charge in [-0.1, -0.05) is 6.92 Å². The van der Waals surface area contributed by atoms with E-state index in [-0.39, 0.29) is 6.03 Å². The Labute approximate surface area is 136 Å². The van der Waals surface area contributed by atoms with E-state index in [0.29, 0.717) is 13.0 Å². The molecule has 0 aliphatic rings. The quantitative estimate of drug-likeness (QED) is 0.884. The predicted molar refractivity (Wildman–Crippen MR) is 89.6 cm³/mol. The van der Waals surface area contributed by atoms with Crippen LogP contribution in [-0.4, -0.2) is 32.3 Å². The summed E-state index contributed by atoms with van der Waals surface area (Å²) in [5, 5.41) is 10.0. The van der Waals surface area contributed by atoms with Crippen LogP contribution >= 0.6 is 0 Å². The average Bonchev–Trinajstić information content (AvgIpc) is 2.71. The van der Waals surface area contributed by atoms with Gasteiger partial charge in [-0.05, 0) is 33.3 Å². The molecule has 0 aromatic carbocycles. The molecule has 124 valence electrons. The van der Waals surface area contributed by atoms with Gasteiger partial charge in [0, 0.05) is 37.0 Å². The topological polar surface area (TPSA) is 84.7 Å². The normalized spacial score (nSPS) is 10.7. The Morgan fingerprint density at radius 1 is 1.22 bits per heavy atom. The molecule has 2 amide bonds. The fraction of sp³-hybridized carbons (Fsp3) is 0.500. The van der Waals surface area contributed by atoms with Crippen LogP contribution in [-0.2, 0) is 19.9 Å². The van der Waals surface area contributed by atoms with Crippen LogP contribution in [0.2, 0.25) is 0 Å². The minimum Gasteiger partial charge on any atom is -0.337 e. The fourth-order valence-electron chi connectivity index (χ4n) is 2.63. The molecular formula is C16H24N6O. The largest absolute Gasteiger partial charge is 0.337 e. The van der Waals surface area contributed by atoms with E-state index in [4.69, 9.17) is 0 Å². The molecule has 2 aromatic rings. The zero-order valence-electron chi connectivity index (χ0n) is 14.4. The molecule has 0 radical (unpaired) electrons. The number of hydrogen-bond donors (Lipinski definition) is 2. The number of aromatic nitrogens is 4. The van der Waals surface area contributed by atoms with Gasteiger partial charge in [0.15, 0.2) is 0 Å². The summed E-state index contributed by atoms with van der Waals surface area (Å²) in [6.45, 7) is 8.35. The van der Waals surface area contributed by atoms with E-state index < -0.39 is 0 Å².